The average Bonchev–Trinajstić information content (AvgIpc) is 2.68. The Morgan fingerprint density at radius 1 is 1.07 bits per heavy atom. The van der Waals surface area contributed by atoms with Crippen molar-refractivity contribution in [3.8, 4) is 5.75 Å². The molecule has 0 radical (unpaired) electrons. The van der Waals surface area contributed by atoms with Crippen LogP contribution in [0.15, 0.2) is 66.7 Å². The summed E-state index contributed by atoms with van der Waals surface area (Å²) in [5, 5.41) is 3.27. The summed E-state index contributed by atoms with van der Waals surface area (Å²) in [7, 11) is 0. The van der Waals surface area contributed by atoms with Crippen molar-refractivity contribution in [1.29, 1.82) is 0 Å². The van der Waals surface area contributed by atoms with E-state index in [-0.39, 0.29) is 35.4 Å². The number of hydrogen-bond acceptors (Lipinski definition) is 2. The standard InChI is InChI=1S/C22H18ClF2NO2/c1-14(15-5-3-2-4-6-15)26-22(27)19-11-17(23)8-10-21(19)28-13-16-7-9-18(24)12-20(16)25/h2-12,14H,13H2,1H3,(H,26,27)/t14-/m0/s1. The van der Waals surface area contributed by atoms with Crippen LogP contribution in [0.2, 0.25) is 5.02 Å². The lowest BCUT2D eigenvalue weighted by Crippen LogP contribution is -2.27. The van der Waals surface area contributed by atoms with E-state index in [9.17, 15) is 13.6 Å². The Bertz CT molecular complexity index is 980. The van der Waals surface area contributed by atoms with Gasteiger partial charge in [-0.2, -0.15) is 0 Å². The number of nitrogens with one attached hydrogen (secondary N) is 1. The number of rotatable bonds is 6. The highest BCUT2D eigenvalue weighted by Crippen LogP contribution is 2.25. The minimum atomic E-state index is -0.710. The van der Waals surface area contributed by atoms with E-state index in [1.165, 1.54) is 12.1 Å². The Morgan fingerprint density at radius 2 is 1.82 bits per heavy atom. The lowest BCUT2D eigenvalue weighted by molar-refractivity contribution is 0.0935. The molecule has 6 heteroatoms. The Kier molecular flexibility index (Phi) is 6.26. The molecule has 3 rings (SSSR count). The van der Waals surface area contributed by atoms with Crippen LogP contribution in [0, 0.1) is 11.6 Å². The molecule has 1 amide bonds. The number of halogens is 3. The van der Waals surface area contributed by atoms with Gasteiger partial charge in [0.2, 0.25) is 0 Å². The molecule has 0 fully saturated rings. The van der Waals surface area contributed by atoms with Crippen LogP contribution in [-0.4, -0.2) is 5.91 Å². The summed E-state index contributed by atoms with van der Waals surface area (Å²) in [5.74, 6) is -1.49. The highest BCUT2D eigenvalue weighted by Gasteiger charge is 2.17. The molecule has 0 saturated carbocycles. The van der Waals surface area contributed by atoms with E-state index >= 15 is 0 Å². The monoisotopic (exact) mass is 401 g/mol. The predicted octanol–water partition coefficient (Wildman–Crippen LogP) is 5.69. The number of carbonyl (C=O) groups is 1. The van der Waals surface area contributed by atoms with Gasteiger partial charge in [0.1, 0.15) is 24.0 Å². The highest BCUT2D eigenvalue weighted by molar-refractivity contribution is 6.31. The second-order valence-electron chi connectivity index (χ2n) is 6.27. The molecule has 0 aliphatic carbocycles. The largest absolute Gasteiger partial charge is 0.488 e. The van der Waals surface area contributed by atoms with Crippen molar-refractivity contribution in [3.63, 3.8) is 0 Å². The first kappa shape index (κ1) is 19.8. The van der Waals surface area contributed by atoms with Gasteiger partial charge in [0, 0.05) is 16.7 Å². The minimum absolute atomic E-state index is 0.151. The van der Waals surface area contributed by atoms with Crippen molar-refractivity contribution in [3.05, 3.63) is 100 Å². The molecule has 144 valence electrons. The number of benzene rings is 3. The second-order valence-corrected chi connectivity index (χ2v) is 6.71. The quantitative estimate of drug-likeness (QED) is 0.576. The molecule has 28 heavy (non-hydrogen) atoms. The van der Waals surface area contributed by atoms with Gasteiger partial charge in [0.15, 0.2) is 0 Å². The second kappa shape index (κ2) is 8.85. The highest BCUT2D eigenvalue weighted by atomic mass is 35.5. The van der Waals surface area contributed by atoms with Gasteiger partial charge in [0.25, 0.3) is 5.91 Å². The summed E-state index contributed by atoms with van der Waals surface area (Å²) in [6, 6.07) is 17.1. The van der Waals surface area contributed by atoms with Crippen LogP contribution in [0.25, 0.3) is 0 Å². The summed E-state index contributed by atoms with van der Waals surface area (Å²) in [6.45, 7) is 1.72. The molecule has 0 bridgehead atoms. The van der Waals surface area contributed by atoms with Crippen molar-refractivity contribution in [2.45, 2.75) is 19.6 Å². The smallest absolute Gasteiger partial charge is 0.255 e. The maximum absolute atomic E-state index is 13.8. The van der Waals surface area contributed by atoms with E-state index in [0.29, 0.717) is 5.02 Å². The van der Waals surface area contributed by atoms with Crippen molar-refractivity contribution in [2.24, 2.45) is 0 Å². The molecular formula is C22H18ClF2NO2. The fraction of sp³-hybridized carbons (Fsp3) is 0.136. The van der Waals surface area contributed by atoms with E-state index in [2.05, 4.69) is 5.32 Å². The predicted molar refractivity (Wildman–Crippen MR) is 104 cm³/mol. The van der Waals surface area contributed by atoms with Gasteiger partial charge < -0.3 is 10.1 Å². The van der Waals surface area contributed by atoms with Crippen LogP contribution in [0.3, 0.4) is 0 Å². The van der Waals surface area contributed by atoms with E-state index in [1.54, 1.807) is 12.1 Å². The van der Waals surface area contributed by atoms with Crippen molar-refractivity contribution in [2.75, 3.05) is 0 Å². The normalized spacial score (nSPS) is 11.7. The summed E-state index contributed by atoms with van der Waals surface area (Å²) >= 11 is 6.04. The van der Waals surface area contributed by atoms with Gasteiger partial charge in [-0.15, -0.1) is 0 Å². The van der Waals surface area contributed by atoms with Gasteiger partial charge in [-0.25, -0.2) is 8.78 Å². The topological polar surface area (TPSA) is 38.3 Å². The van der Waals surface area contributed by atoms with Gasteiger partial charge in [-0.1, -0.05) is 41.9 Å². The Hall–Kier alpha value is -2.92. The summed E-state index contributed by atoms with van der Waals surface area (Å²) < 4.78 is 32.5. The van der Waals surface area contributed by atoms with E-state index in [1.807, 2.05) is 37.3 Å². The third kappa shape index (κ3) is 4.87. The molecule has 0 heterocycles. The molecule has 3 aromatic rings. The number of ether oxygens (including phenoxy) is 1. The molecule has 0 aromatic heterocycles. The zero-order valence-electron chi connectivity index (χ0n) is 15.1. The van der Waals surface area contributed by atoms with Crippen LogP contribution < -0.4 is 10.1 Å². The zero-order valence-corrected chi connectivity index (χ0v) is 15.8. The average molecular weight is 402 g/mol. The van der Waals surface area contributed by atoms with Crippen LogP contribution in [-0.2, 0) is 6.61 Å². The number of carbonyl (C=O) groups excluding carboxylic acids is 1. The molecule has 0 unspecified atom stereocenters. The lowest BCUT2D eigenvalue weighted by atomic mass is 10.1. The third-order valence-corrected chi connectivity index (χ3v) is 4.47. The number of amides is 1. The molecule has 3 aromatic carbocycles. The first-order valence-corrected chi connectivity index (χ1v) is 9.04. The maximum atomic E-state index is 13.8. The van der Waals surface area contributed by atoms with Gasteiger partial charge >= 0.3 is 0 Å². The molecule has 0 aliphatic heterocycles. The van der Waals surface area contributed by atoms with Crippen molar-refractivity contribution in [1.82, 2.24) is 5.32 Å². The summed E-state index contributed by atoms with van der Waals surface area (Å²) in [4.78, 5) is 12.8. The SMILES string of the molecule is C[C@H](NC(=O)c1cc(Cl)ccc1OCc1ccc(F)cc1F)c1ccccc1. The molecular weight excluding hydrogens is 384 g/mol. The van der Waals surface area contributed by atoms with Crippen LogP contribution in [0.5, 0.6) is 5.75 Å². The van der Waals surface area contributed by atoms with E-state index in [0.717, 1.165) is 17.7 Å². The molecule has 1 N–H and O–H groups in total. The summed E-state index contributed by atoms with van der Waals surface area (Å²) in [5.41, 5.74) is 1.37. The fourth-order valence-electron chi connectivity index (χ4n) is 2.70. The van der Waals surface area contributed by atoms with Crippen LogP contribution in [0.4, 0.5) is 8.78 Å². The number of hydrogen-bond donors (Lipinski definition) is 1. The molecule has 0 spiro atoms. The van der Waals surface area contributed by atoms with Crippen LogP contribution in [0.1, 0.15) is 34.5 Å². The van der Waals surface area contributed by atoms with E-state index in [4.69, 9.17) is 16.3 Å². The lowest BCUT2D eigenvalue weighted by Gasteiger charge is -2.17. The van der Waals surface area contributed by atoms with Crippen molar-refractivity contribution >= 4 is 17.5 Å². The molecule has 0 aliphatic rings. The minimum Gasteiger partial charge on any atom is -0.488 e. The molecule has 1 atom stereocenters. The fourth-order valence-corrected chi connectivity index (χ4v) is 2.87. The molecule has 3 nitrogen and oxygen atoms in total. The van der Waals surface area contributed by atoms with Gasteiger partial charge in [-0.3, -0.25) is 4.79 Å². The first-order valence-electron chi connectivity index (χ1n) is 8.66. The third-order valence-electron chi connectivity index (χ3n) is 4.23. The zero-order chi connectivity index (χ0) is 20.1. The Balaban J connectivity index is 1.77. The van der Waals surface area contributed by atoms with E-state index < -0.39 is 11.6 Å². The Labute approximate surface area is 166 Å². The molecule has 0 saturated heterocycles. The Morgan fingerprint density at radius 3 is 2.54 bits per heavy atom. The van der Waals surface area contributed by atoms with Gasteiger partial charge in [-0.05, 0) is 42.8 Å². The maximum Gasteiger partial charge on any atom is 0.255 e. The van der Waals surface area contributed by atoms with Crippen molar-refractivity contribution < 1.29 is 18.3 Å². The van der Waals surface area contributed by atoms with Crippen LogP contribution >= 0.6 is 11.6 Å². The summed E-state index contributed by atoms with van der Waals surface area (Å²) in [6.07, 6.45) is 0. The first-order chi connectivity index (χ1) is 13.4. The van der Waals surface area contributed by atoms with Gasteiger partial charge in [0.05, 0.1) is 11.6 Å².